The number of amides is 1. The maximum absolute atomic E-state index is 15.5. The highest BCUT2D eigenvalue weighted by molar-refractivity contribution is 5.97. The van der Waals surface area contributed by atoms with Crippen molar-refractivity contribution in [1.29, 1.82) is 0 Å². The molecule has 0 aliphatic heterocycles. The number of ether oxygens (including phenoxy) is 1. The van der Waals surface area contributed by atoms with Gasteiger partial charge in [-0.1, -0.05) is 62.9 Å². The Labute approximate surface area is 214 Å². The number of hydrogen-bond acceptors (Lipinski definition) is 4. The number of esters is 1. The van der Waals surface area contributed by atoms with Gasteiger partial charge in [-0.05, 0) is 55.9 Å². The molecule has 2 aromatic carbocycles. The first-order valence-electron chi connectivity index (χ1n) is 12.9. The molecule has 0 bridgehead atoms. The Morgan fingerprint density at radius 3 is 2.42 bits per heavy atom. The van der Waals surface area contributed by atoms with Gasteiger partial charge in [0.15, 0.2) is 0 Å². The molecule has 0 radical (unpaired) electrons. The first kappa shape index (κ1) is 27.4. The largest absolute Gasteiger partial charge is 0.466 e. The molecular weight excluding hydrogens is 455 g/mol. The third-order valence-electron chi connectivity index (χ3n) is 6.69. The van der Waals surface area contributed by atoms with E-state index in [2.05, 4.69) is 24.1 Å². The number of halogens is 1. The van der Waals surface area contributed by atoms with Crippen LogP contribution in [0.5, 0.6) is 0 Å². The number of nitrogens with zero attached hydrogens (tertiary/aromatic N) is 1. The predicted molar refractivity (Wildman–Crippen MR) is 145 cm³/mol. The van der Waals surface area contributed by atoms with Gasteiger partial charge in [0, 0.05) is 24.2 Å². The van der Waals surface area contributed by atoms with E-state index >= 15 is 4.39 Å². The molecule has 1 amide bonds. The van der Waals surface area contributed by atoms with Crippen molar-refractivity contribution in [3.63, 3.8) is 0 Å². The lowest BCUT2D eigenvalue weighted by Crippen LogP contribution is -2.40. The van der Waals surface area contributed by atoms with Gasteiger partial charge in [0.05, 0.1) is 24.9 Å². The highest BCUT2D eigenvalue weighted by Crippen LogP contribution is 2.37. The van der Waals surface area contributed by atoms with Crippen LogP contribution in [0.3, 0.4) is 0 Å². The van der Waals surface area contributed by atoms with Crippen LogP contribution in [0.25, 0.3) is 5.57 Å². The van der Waals surface area contributed by atoms with Crippen LogP contribution in [-0.2, 0) is 20.7 Å². The van der Waals surface area contributed by atoms with E-state index in [9.17, 15) is 9.59 Å². The zero-order valence-electron chi connectivity index (χ0n) is 22.2. The van der Waals surface area contributed by atoms with Crippen molar-refractivity contribution in [2.24, 2.45) is 5.92 Å². The second kappa shape index (κ2) is 12.7. The Hall–Kier alpha value is -3.15. The lowest BCUT2D eigenvalue weighted by atomic mass is 9.92. The fourth-order valence-electron chi connectivity index (χ4n) is 4.83. The van der Waals surface area contributed by atoms with E-state index in [1.807, 2.05) is 31.2 Å². The van der Waals surface area contributed by atoms with Gasteiger partial charge in [0.25, 0.3) is 0 Å². The molecule has 0 spiro atoms. The van der Waals surface area contributed by atoms with Gasteiger partial charge in [-0.2, -0.15) is 0 Å². The summed E-state index contributed by atoms with van der Waals surface area (Å²) in [5.74, 6) is -0.777. The molecule has 1 aliphatic carbocycles. The minimum atomic E-state index is -0.551. The summed E-state index contributed by atoms with van der Waals surface area (Å²) < 4.78 is 20.2. The van der Waals surface area contributed by atoms with Crippen molar-refractivity contribution in [2.45, 2.75) is 72.3 Å². The van der Waals surface area contributed by atoms with E-state index < -0.39 is 11.8 Å². The monoisotopic (exact) mass is 494 g/mol. The number of nitrogens with one attached hydrogen (secondary N) is 1. The van der Waals surface area contributed by atoms with Crippen molar-refractivity contribution in [2.75, 3.05) is 23.9 Å². The number of anilines is 2. The third-order valence-corrected chi connectivity index (χ3v) is 6.69. The van der Waals surface area contributed by atoms with Crippen molar-refractivity contribution in [3.05, 3.63) is 65.0 Å². The lowest BCUT2D eigenvalue weighted by molar-refractivity contribution is -0.134. The summed E-state index contributed by atoms with van der Waals surface area (Å²) in [6.07, 6.45) is 7.10. The summed E-state index contributed by atoms with van der Waals surface area (Å²) in [5.41, 5.74) is 4.01. The topological polar surface area (TPSA) is 58.6 Å². The zero-order chi connectivity index (χ0) is 26.2. The van der Waals surface area contributed by atoms with Crippen LogP contribution in [0.15, 0.2) is 42.5 Å². The van der Waals surface area contributed by atoms with Crippen LogP contribution in [0.2, 0.25) is 0 Å². The van der Waals surface area contributed by atoms with E-state index in [0.717, 1.165) is 43.4 Å². The SMILES string of the molecule is COC(=O)/C=C(\C)c1cc(NC(=O)Cc2ccc(C)cc2)c(N(CC(C)C)C2CCCCC2)cc1F. The Balaban J connectivity index is 2.03. The van der Waals surface area contributed by atoms with Crippen LogP contribution in [0, 0.1) is 18.7 Å². The number of rotatable bonds is 9. The highest BCUT2D eigenvalue weighted by Gasteiger charge is 2.26. The van der Waals surface area contributed by atoms with Crippen LogP contribution in [0.4, 0.5) is 15.8 Å². The number of carbonyl (C=O) groups is 2. The van der Waals surface area contributed by atoms with Crippen molar-refractivity contribution in [3.8, 4) is 0 Å². The van der Waals surface area contributed by atoms with Crippen molar-refractivity contribution >= 4 is 28.8 Å². The van der Waals surface area contributed by atoms with Gasteiger partial charge < -0.3 is 15.0 Å². The molecule has 1 saturated carbocycles. The fourth-order valence-corrected chi connectivity index (χ4v) is 4.83. The summed E-state index contributed by atoms with van der Waals surface area (Å²) >= 11 is 0. The maximum Gasteiger partial charge on any atom is 0.330 e. The van der Waals surface area contributed by atoms with E-state index in [-0.39, 0.29) is 17.9 Å². The van der Waals surface area contributed by atoms with Gasteiger partial charge in [-0.3, -0.25) is 4.79 Å². The minimum Gasteiger partial charge on any atom is -0.466 e. The fraction of sp³-hybridized carbons (Fsp3) is 0.467. The molecule has 1 N–H and O–H groups in total. The summed E-state index contributed by atoms with van der Waals surface area (Å²) in [4.78, 5) is 27.2. The molecular formula is C30H39FN2O3. The van der Waals surface area contributed by atoms with Gasteiger partial charge in [0.1, 0.15) is 5.82 Å². The first-order valence-corrected chi connectivity index (χ1v) is 12.9. The molecule has 0 atom stereocenters. The summed E-state index contributed by atoms with van der Waals surface area (Å²) in [6.45, 7) is 8.75. The average molecular weight is 495 g/mol. The van der Waals surface area contributed by atoms with Gasteiger partial charge in [-0.25, -0.2) is 9.18 Å². The smallest absolute Gasteiger partial charge is 0.330 e. The van der Waals surface area contributed by atoms with Gasteiger partial charge in [-0.15, -0.1) is 0 Å². The normalized spacial score (nSPS) is 14.6. The zero-order valence-corrected chi connectivity index (χ0v) is 22.2. The summed E-state index contributed by atoms with van der Waals surface area (Å²) in [6, 6.07) is 11.3. The van der Waals surface area contributed by atoms with Crippen LogP contribution < -0.4 is 10.2 Å². The predicted octanol–water partition coefficient (Wildman–Crippen LogP) is 6.69. The van der Waals surface area contributed by atoms with E-state index in [1.54, 1.807) is 13.0 Å². The molecule has 1 fully saturated rings. The minimum absolute atomic E-state index is 0.166. The molecule has 0 aromatic heterocycles. The number of benzene rings is 2. The van der Waals surface area contributed by atoms with Crippen LogP contribution in [0.1, 0.15) is 69.6 Å². The molecule has 5 nitrogen and oxygen atoms in total. The molecule has 36 heavy (non-hydrogen) atoms. The van der Waals surface area contributed by atoms with E-state index in [0.29, 0.717) is 28.9 Å². The molecule has 0 heterocycles. The molecule has 0 unspecified atom stereocenters. The molecule has 6 heteroatoms. The lowest BCUT2D eigenvalue weighted by Gasteiger charge is -2.38. The Morgan fingerprint density at radius 1 is 1.14 bits per heavy atom. The molecule has 3 rings (SSSR count). The second-order valence-corrected chi connectivity index (χ2v) is 10.2. The number of carbonyl (C=O) groups excluding carboxylic acids is 2. The first-order chi connectivity index (χ1) is 17.2. The Kier molecular flexibility index (Phi) is 9.68. The van der Waals surface area contributed by atoms with E-state index in [1.165, 1.54) is 25.7 Å². The van der Waals surface area contributed by atoms with Gasteiger partial charge in [0.2, 0.25) is 5.91 Å². The highest BCUT2D eigenvalue weighted by atomic mass is 19.1. The maximum atomic E-state index is 15.5. The van der Waals surface area contributed by atoms with Gasteiger partial charge >= 0.3 is 5.97 Å². The average Bonchev–Trinajstić information content (AvgIpc) is 2.85. The standard InChI is InChI=1S/C30H39FN2O3/c1-20(2)19-33(24-9-7-6-8-10-24)28-18-26(31)25(22(4)15-30(35)36-5)17-27(28)32-29(34)16-23-13-11-21(3)12-14-23/h11-15,17-18,20,24H,6-10,16,19H2,1-5H3,(H,32,34)/b22-15+. The van der Waals surface area contributed by atoms with Crippen molar-refractivity contribution < 1.29 is 18.7 Å². The van der Waals surface area contributed by atoms with Crippen LogP contribution in [-0.4, -0.2) is 31.6 Å². The Morgan fingerprint density at radius 2 is 1.81 bits per heavy atom. The third kappa shape index (κ3) is 7.42. The summed E-state index contributed by atoms with van der Waals surface area (Å²) in [5, 5.41) is 3.07. The van der Waals surface area contributed by atoms with E-state index in [4.69, 9.17) is 4.74 Å². The quantitative estimate of drug-likeness (QED) is 0.312. The van der Waals surface area contributed by atoms with Crippen molar-refractivity contribution in [1.82, 2.24) is 0 Å². The second-order valence-electron chi connectivity index (χ2n) is 10.2. The Bertz CT molecular complexity index is 1090. The molecule has 2 aromatic rings. The van der Waals surface area contributed by atoms with Crippen LogP contribution >= 0.6 is 0 Å². The molecule has 194 valence electrons. The molecule has 0 saturated heterocycles. The number of hydrogen-bond donors (Lipinski definition) is 1. The molecule has 1 aliphatic rings. The number of aryl methyl sites for hydroxylation is 1. The summed E-state index contributed by atoms with van der Waals surface area (Å²) in [7, 11) is 1.29. The number of allylic oxidation sites excluding steroid dienone is 1. The number of methoxy groups -OCH3 is 1.